The van der Waals surface area contributed by atoms with Gasteiger partial charge in [0.2, 0.25) is 5.91 Å². The minimum Gasteiger partial charge on any atom is -0.481 e. The van der Waals surface area contributed by atoms with E-state index >= 15 is 0 Å². The topological polar surface area (TPSA) is 105 Å². The predicted molar refractivity (Wildman–Crippen MR) is 155 cm³/mol. The van der Waals surface area contributed by atoms with Gasteiger partial charge in [0.05, 0.1) is 18.4 Å². The molecule has 0 spiro atoms. The highest BCUT2D eigenvalue weighted by atomic mass is 16.5. The van der Waals surface area contributed by atoms with E-state index in [-0.39, 0.29) is 37.9 Å². The third-order valence-corrected chi connectivity index (χ3v) is 6.14. The average Bonchev–Trinajstić information content (AvgIpc) is 2.94. The quantitative estimate of drug-likeness (QED) is 0.235. The normalized spacial score (nSPS) is 11.8. The number of hydrogen-bond acceptors (Lipinski definition) is 5. The van der Waals surface area contributed by atoms with Gasteiger partial charge in [0.15, 0.2) is 0 Å². The maximum Gasteiger partial charge on any atom is 0.312 e. The lowest BCUT2D eigenvalue weighted by atomic mass is 9.80. The Morgan fingerprint density at radius 2 is 1.41 bits per heavy atom. The lowest BCUT2D eigenvalue weighted by Gasteiger charge is -2.27. The van der Waals surface area contributed by atoms with E-state index in [0.717, 1.165) is 23.2 Å². The SMILES string of the molecule is CCNc1ccccc1.CCOC(=O)[C@@](C)(CCNC(=O)CCC(=O)O)Cc1ccc(-c2ccccc2)cc1. The monoisotopic (exact) mass is 532 g/mol. The first-order valence-corrected chi connectivity index (χ1v) is 13.4. The number of carboxylic acids is 1. The van der Waals surface area contributed by atoms with Crippen LogP contribution >= 0.6 is 0 Å². The molecule has 7 nitrogen and oxygen atoms in total. The van der Waals surface area contributed by atoms with Crippen LogP contribution in [-0.4, -0.2) is 42.6 Å². The van der Waals surface area contributed by atoms with Crippen LogP contribution in [0.1, 0.15) is 45.6 Å². The Balaban J connectivity index is 0.000000499. The van der Waals surface area contributed by atoms with Crippen LogP contribution < -0.4 is 10.6 Å². The van der Waals surface area contributed by atoms with E-state index in [2.05, 4.69) is 29.7 Å². The van der Waals surface area contributed by atoms with Crippen LogP contribution in [0.5, 0.6) is 0 Å². The summed E-state index contributed by atoms with van der Waals surface area (Å²) in [4.78, 5) is 35.0. The van der Waals surface area contributed by atoms with E-state index in [1.807, 2.05) is 79.7 Å². The number of nitrogens with one attached hydrogen (secondary N) is 2. The first-order valence-electron chi connectivity index (χ1n) is 13.4. The summed E-state index contributed by atoms with van der Waals surface area (Å²) >= 11 is 0. The molecular weight excluding hydrogens is 492 g/mol. The van der Waals surface area contributed by atoms with Crippen LogP contribution in [-0.2, 0) is 25.5 Å². The Bertz CT molecular complexity index is 1150. The number of ether oxygens (including phenoxy) is 1. The summed E-state index contributed by atoms with van der Waals surface area (Å²) in [5.41, 5.74) is 3.62. The number of para-hydroxylation sites is 1. The number of amides is 1. The molecule has 0 fully saturated rings. The molecule has 208 valence electrons. The lowest BCUT2D eigenvalue weighted by molar-refractivity contribution is -0.155. The van der Waals surface area contributed by atoms with Crippen LogP contribution in [0.15, 0.2) is 84.9 Å². The summed E-state index contributed by atoms with van der Waals surface area (Å²) < 4.78 is 5.28. The first kappa shape index (κ1) is 31.1. The van der Waals surface area contributed by atoms with E-state index in [4.69, 9.17) is 9.84 Å². The number of anilines is 1. The molecule has 0 aliphatic rings. The Hall–Kier alpha value is -4.13. The molecule has 0 aliphatic heterocycles. The van der Waals surface area contributed by atoms with Gasteiger partial charge in [0.25, 0.3) is 0 Å². The van der Waals surface area contributed by atoms with E-state index in [1.165, 1.54) is 5.69 Å². The number of benzene rings is 3. The largest absolute Gasteiger partial charge is 0.481 e. The maximum absolute atomic E-state index is 12.6. The highest BCUT2D eigenvalue weighted by Gasteiger charge is 2.34. The summed E-state index contributed by atoms with van der Waals surface area (Å²) in [5, 5.41) is 14.6. The molecule has 0 radical (unpaired) electrons. The van der Waals surface area contributed by atoms with Crippen molar-refractivity contribution in [3.8, 4) is 11.1 Å². The van der Waals surface area contributed by atoms with Gasteiger partial charge in [-0.05, 0) is 62.4 Å². The number of carbonyl (C=O) groups is 3. The van der Waals surface area contributed by atoms with Crippen molar-refractivity contribution in [1.82, 2.24) is 5.32 Å². The van der Waals surface area contributed by atoms with Crippen molar-refractivity contribution in [2.24, 2.45) is 5.41 Å². The van der Waals surface area contributed by atoms with Crippen LogP contribution in [0, 0.1) is 5.41 Å². The molecule has 0 aromatic heterocycles. The number of aliphatic carboxylic acids is 1. The molecule has 39 heavy (non-hydrogen) atoms. The van der Waals surface area contributed by atoms with Gasteiger partial charge in [-0.2, -0.15) is 0 Å². The van der Waals surface area contributed by atoms with Gasteiger partial charge in [-0.3, -0.25) is 14.4 Å². The molecule has 3 rings (SSSR count). The molecule has 0 saturated heterocycles. The summed E-state index contributed by atoms with van der Waals surface area (Å²) in [6.07, 6.45) is 0.581. The van der Waals surface area contributed by atoms with Crippen molar-refractivity contribution < 1.29 is 24.2 Å². The molecule has 7 heteroatoms. The molecule has 0 saturated carbocycles. The molecule has 3 N–H and O–H groups in total. The fraction of sp³-hybridized carbons (Fsp3) is 0.344. The van der Waals surface area contributed by atoms with Crippen LogP contribution in [0.3, 0.4) is 0 Å². The summed E-state index contributed by atoms with van der Waals surface area (Å²) in [6.45, 7) is 7.24. The molecular formula is C32H40N2O5. The zero-order chi connectivity index (χ0) is 28.5. The molecule has 3 aromatic carbocycles. The number of carboxylic acid groups (broad SMARTS) is 1. The van der Waals surface area contributed by atoms with Crippen LogP contribution in [0.4, 0.5) is 5.69 Å². The number of hydrogen-bond donors (Lipinski definition) is 3. The predicted octanol–water partition coefficient (Wildman–Crippen LogP) is 5.96. The van der Waals surface area contributed by atoms with Gasteiger partial charge in [-0.25, -0.2) is 0 Å². The fourth-order valence-corrected chi connectivity index (χ4v) is 4.01. The molecule has 1 atom stereocenters. The van der Waals surface area contributed by atoms with Gasteiger partial charge in [0.1, 0.15) is 0 Å². The molecule has 0 aliphatic carbocycles. The summed E-state index contributed by atoms with van der Waals surface area (Å²) in [7, 11) is 0. The third-order valence-electron chi connectivity index (χ3n) is 6.14. The number of carbonyl (C=O) groups excluding carboxylic acids is 2. The molecule has 0 bridgehead atoms. The second-order valence-corrected chi connectivity index (χ2v) is 9.41. The Morgan fingerprint density at radius 1 is 0.821 bits per heavy atom. The zero-order valence-corrected chi connectivity index (χ0v) is 23.1. The summed E-state index contributed by atoms with van der Waals surface area (Å²) in [5.74, 6) is -1.66. The smallest absolute Gasteiger partial charge is 0.312 e. The Labute approximate surface area is 231 Å². The Morgan fingerprint density at radius 3 is 1.97 bits per heavy atom. The zero-order valence-electron chi connectivity index (χ0n) is 23.1. The van der Waals surface area contributed by atoms with Gasteiger partial charge in [-0.15, -0.1) is 0 Å². The van der Waals surface area contributed by atoms with E-state index in [0.29, 0.717) is 12.8 Å². The first-order chi connectivity index (χ1) is 18.8. The van der Waals surface area contributed by atoms with Crippen molar-refractivity contribution in [2.45, 2.75) is 46.5 Å². The van der Waals surface area contributed by atoms with Crippen molar-refractivity contribution in [2.75, 3.05) is 25.0 Å². The average molecular weight is 533 g/mol. The maximum atomic E-state index is 12.6. The molecule has 0 heterocycles. The highest BCUT2D eigenvalue weighted by Crippen LogP contribution is 2.29. The van der Waals surface area contributed by atoms with Gasteiger partial charge in [0, 0.05) is 25.2 Å². The Kier molecular flexibility index (Phi) is 13.3. The van der Waals surface area contributed by atoms with Gasteiger partial charge >= 0.3 is 11.9 Å². The minimum absolute atomic E-state index is 0.0770. The van der Waals surface area contributed by atoms with Crippen molar-refractivity contribution in [1.29, 1.82) is 0 Å². The molecule has 0 unspecified atom stereocenters. The number of rotatable bonds is 13. The van der Waals surface area contributed by atoms with Crippen LogP contribution in [0.2, 0.25) is 0 Å². The molecule has 1 amide bonds. The van der Waals surface area contributed by atoms with E-state index < -0.39 is 11.4 Å². The molecule has 3 aromatic rings. The van der Waals surface area contributed by atoms with Crippen LogP contribution in [0.25, 0.3) is 11.1 Å². The lowest BCUT2D eigenvalue weighted by Crippen LogP contribution is -2.37. The second-order valence-electron chi connectivity index (χ2n) is 9.41. The van der Waals surface area contributed by atoms with Gasteiger partial charge in [-0.1, -0.05) is 72.8 Å². The van der Waals surface area contributed by atoms with Gasteiger partial charge < -0.3 is 20.5 Å². The fourth-order valence-electron chi connectivity index (χ4n) is 4.01. The standard InChI is InChI=1S/C24H29NO5.C8H11N/c1-3-30-23(29)24(2,15-16-25-21(26)13-14-22(27)28)17-18-9-11-20(12-10-18)19-7-5-4-6-8-19;1-2-9-8-6-4-3-5-7-8/h4-12H,3,13-17H2,1-2H3,(H,25,26)(H,27,28);3-7,9H,2H2,1H3/t24-;/m0./s1. The second kappa shape index (κ2) is 16.7. The summed E-state index contributed by atoms with van der Waals surface area (Å²) in [6, 6.07) is 28.3. The van der Waals surface area contributed by atoms with Crippen molar-refractivity contribution >= 4 is 23.5 Å². The van der Waals surface area contributed by atoms with Crippen molar-refractivity contribution in [3.63, 3.8) is 0 Å². The third kappa shape index (κ3) is 11.4. The van der Waals surface area contributed by atoms with E-state index in [9.17, 15) is 14.4 Å². The number of esters is 1. The highest BCUT2D eigenvalue weighted by molar-refractivity contribution is 5.81. The van der Waals surface area contributed by atoms with Crippen molar-refractivity contribution in [3.05, 3.63) is 90.5 Å². The minimum atomic E-state index is -1.01. The van der Waals surface area contributed by atoms with E-state index in [1.54, 1.807) is 6.92 Å².